The van der Waals surface area contributed by atoms with Gasteiger partial charge >= 0.3 is 6.03 Å². The molecule has 0 bridgehead atoms. The molecule has 5 heteroatoms. The molecule has 3 N–H and O–H groups in total. The summed E-state index contributed by atoms with van der Waals surface area (Å²) in [4.78, 5) is 25.3. The third-order valence-electron chi connectivity index (χ3n) is 4.09. The fourth-order valence-electron chi connectivity index (χ4n) is 2.17. The highest BCUT2D eigenvalue weighted by atomic mass is 16.2. The van der Waals surface area contributed by atoms with Crippen LogP contribution in [0.5, 0.6) is 0 Å². The van der Waals surface area contributed by atoms with E-state index in [4.69, 9.17) is 5.73 Å². The molecule has 0 saturated carbocycles. The second-order valence-electron chi connectivity index (χ2n) is 6.40. The zero-order valence-corrected chi connectivity index (χ0v) is 12.6. The Morgan fingerprint density at radius 1 is 1.32 bits per heavy atom. The van der Waals surface area contributed by atoms with Crippen LogP contribution in [0.15, 0.2) is 0 Å². The number of carbonyl (C=O) groups excluding carboxylic acids is 2. The van der Waals surface area contributed by atoms with Gasteiger partial charge in [-0.25, -0.2) is 4.79 Å². The van der Waals surface area contributed by atoms with E-state index in [1.807, 2.05) is 6.92 Å². The summed E-state index contributed by atoms with van der Waals surface area (Å²) in [6.45, 7) is 9.12. The lowest BCUT2D eigenvalue weighted by atomic mass is 9.87. The van der Waals surface area contributed by atoms with Gasteiger partial charge in [-0.3, -0.25) is 9.69 Å². The summed E-state index contributed by atoms with van der Waals surface area (Å²) in [5.74, 6) is -0.0990. The average molecular weight is 269 g/mol. The molecule has 0 radical (unpaired) electrons. The largest absolute Gasteiger partial charge is 0.330 e. The van der Waals surface area contributed by atoms with Crippen LogP contribution in [0.4, 0.5) is 4.79 Å². The van der Waals surface area contributed by atoms with Crippen LogP contribution in [0.3, 0.4) is 0 Å². The average Bonchev–Trinajstić information content (AvgIpc) is 2.58. The van der Waals surface area contributed by atoms with Crippen LogP contribution in [0.25, 0.3) is 0 Å². The van der Waals surface area contributed by atoms with Gasteiger partial charge in [0.25, 0.3) is 5.91 Å². The molecular weight excluding hydrogens is 242 g/mol. The summed E-state index contributed by atoms with van der Waals surface area (Å²) in [5, 5.41) is 2.77. The van der Waals surface area contributed by atoms with E-state index >= 15 is 0 Å². The second-order valence-corrected chi connectivity index (χ2v) is 6.40. The highest BCUT2D eigenvalue weighted by Crippen LogP contribution is 2.23. The van der Waals surface area contributed by atoms with Crippen molar-refractivity contribution in [3.05, 3.63) is 0 Å². The standard InChI is InChI=1S/C14H27N3O2/c1-5-14(4)11(18)17(12(19)16-14)9-7-6-8-13(2,3)10-15/h5-10,15H2,1-4H3,(H,16,19). The molecule has 0 aliphatic carbocycles. The van der Waals surface area contributed by atoms with Crippen molar-refractivity contribution < 1.29 is 9.59 Å². The van der Waals surface area contributed by atoms with Crippen molar-refractivity contribution in [1.29, 1.82) is 0 Å². The van der Waals surface area contributed by atoms with Gasteiger partial charge in [0.15, 0.2) is 0 Å². The zero-order chi connectivity index (χ0) is 14.7. The highest BCUT2D eigenvalue weighted by Gasteiger charge is 2.45. The molecule has 1 saturated heterocycles. The molecule has 5 nitrogen and oxygen atoms in total. The van der Waals surface area contributed by atoms with E-state index in [1.54, 1.807) is 6.92 Å². The van der Waals surface area contributed by atoms with E-state index in [0.717, 1.165) is 19.3 Å². The van der Waals surface area contributed by atoms with E-state index in [0.29, 0.717) is 19.5 Å². The van der Waals surface area contributed by atoms with Gasteiger partial charge in [-0.2, -0.15) is 0 Å². The molecule has 1 rings (SSSR count). The number of nitrogens with zero attached hydrogens (tertiary/aromatic N) is 1. The molecule has 3 amide bonds. The first-order valence-corrected chi connectivity index (χ1v) is 7.10. The van der Waals surface area contributed by atoms with Crippen LogP contribution >= 0.6 is 0 Å². The van der Waals surface area contributed by atoms with Crippen LogP contribution in [-0.2, 0) is 4.79 Å². The van der Waals surface area contributed by atoms with Gasteiger partial charge in [0.2, 0.25) is 0 Å². The summed E-state index contributed by atoms with van der Waals surface area (Å²) in [5.41, 5.74) is 5.10. The molecule has 0 aromatic rings. The Kier molecular flexibility index (Phi) is 4.96. The minimum atomic E-state index is -0.715. The van der Waals surface area contributed by atoms with Gasteiger partial charge < -0.3 is 11.1 Å². The topological polar surface area (TPSA) is 75.4 Å². The number of rotatable bonds is 7. The first-order valence-electron chi connectivity index (χ1n) is 7.10. The number of hydrogen-bond donors (Lipinski definition) is 2. The van der Waals surface area contributed by atoms with Crippen molar-refractivity contribution in [1.82, 2.24) is 10.2 Å². The lowest BCUT2D eigenvalue weighted by Crippen LogP contribution is -2.43. The number of nitrogens with two attached hydrogens (primary N) is 1. The maximum atomic E-state index is 12.1. The summed E-state index contributed by atoms with van der Waals surface area (Å²) >= 11 is 0. The minimum Gasteiger partial charge on any atom is -0.330 e. The third kappa shape index (κ3) is 3.69. The number of carbonyl (C=O) groups is 2. The number of urea groups is 1. The Hall–Kier alpha value is -1.10. The molecule has 0 aromatic carbocycles. The Morgan fingerprint density at radius 2 is 1.95 bits per heavy atom. The van der Waals surface area contributed by atoms with Crippen molar-refractivity contribution >= 4 is 11.9 Å². The molecule has 1 fully saturated rings. The summed E-state index contributed by atoms with van der Waals surface area (Å²) in [6, 6.07) is -0.257. The van der Waals surface area contributed by atoms with E-state index in [2.05, 4.69) is 19.2 Å². The molecule has 0 spiro atoms. The predicted molar refractivity (Wildman–Crippen MR) is 75.6 cm³/mol. The van der Waals surface area contributed by atoms with Gasteiger partial charge in [-0.05, 0) is 38.1 Å². The fourth-order valence-corrected chi connectivity index (χ4v) is 2.17. The smallest absolute Gasteiger partial charge is 0.325 e. The normalized spacial score (nSPS) is 23.9. The molecule has 0 aromatic heterocycles. The molecule has 1 aliphatic heterocycles. The van der Waals surface area contributed by atoms with Crippen molar-refractivity contribution in [2.24, 2.45) is 11.1 Å². The minimum absolute atomic E-state index is 0.0990. The lowest BCUT2D eigenvalue weighted by Gasteiger charge is -2.23. The van der Waals surface area contributed by atoms with Crippen LogP contribution in [-0.4, -0.2) is 35.5 Å². The van der Waals surface area contributed by atoms with Crippen LogP contribution in [0, 0.1) is 5.41 Å². The number of hydrogen-bond acceptors (Lipinski definition) is 3. The monoisotopic (exact) mass is 269 g/mol. The van der Waals surface area contributed by atoms with Crippen molar-refractivity contribution in [3.8, 4) is 0 Å². The molecule has 1 unspecified atom stereocenters. The fraction of sp³-hybridized carbons (Fsp3) is 0.857. The van der Waals surface area contributed by atoms with Crippen LogP contribution < -0.4 is 11.1 Å². The van der Waals surface area contributed by atoms with E-state index in [9.17, 15) is 9.59 Å². The van der Waals surface area contributed by atoms with Gasteiger partial charge in [0, 0.05) is 6.54 Å². The van der Waals surface area contributed by atoms with Crippen molar-refractivity contribution in [2.45, 2.75) is 58.9 Å². The quantitative estimate of drug-likeness (QED) is 0.547. The van der Waals surface area contributed by atoms with Crippen molar-refractivity contribution in [2.75, 3.05) is 13.1 Å². The Bertz CT molecular complexity index is 355. The second kappa shape index (κ2) is 5.90. The van der Waals surface area contributed by atoms with E-state index in [-0.39, 0.29) is 17.4 Å². The molecule has 1 atom stereocenters. The number of amides is 3. The molecule has 19 heavy (non-hydrogen) atoms. The Balaban J connectivity index is 2.42. The van der Waals surface area contributed by atoms with Gasteiger partial charge in [0.05, 0.1) is 0 Å². The number of unbranched alkanes of at least 4 members (excludes halogenated alkanes) is 1. The number of imide groups is 1. The molecule has 1 aliphatic rings. The number of nitrogens with one attached hydrogen (secondary N) is 1. The van der Waals surface area contributed by atoms with E-state index in [1.165, 1.54) is 4.90 Å². The zero-order valence-electron chi connectivity index (χ0n) is 12.6. The van der Waals surface area contributed by atoms with Gasteiger partial charge in [-0.15, -0.1) is 0 Å². The van der Waals surface area contributed by atoms with Crippen LogP contribution in [0.1, 0.15) is 53.4 Å². The lowest BCUT2D eigenvalue weighted by molar-refractivity contribution is -0.130. The first kappa shape index (κ1) is 16.0. The molecule has 1 heterocycles. The molecular formula is C14H27N3O2. The first-order chi connectivity index (χ1) is 8.75. The summed E-state index contributed by atoms with van der Waals surface area (Å²) < 4.78 is 0. The molecule has 110 valence electrons. The summed E-state index contributed by atoms with van der Waals surface area (Å²) in [6.07, 6.45) is 3.44. The Morgan fingerprint density at radius 3 is 2.42 bits per heavy atom. The van der Waals surface area contributed by atoms with Crippen molar-refractivity contribution in [3.63, 3.8) is 0 Å². The van der Waals surface area contributed by atoms with Gasteiger partial charge in [0.1, 0.15) is 5.54 Å². The predicted octanol–water partition coefficient (Wildman–Crippen LogP) is 1.86. The maximum absolute atomic E-state index is 12.1. The van der Waals surface area contributed by atoms with Crippen LogP contribution in [0.2, 0.25) is 0 Å². The Labute approximate surface area is 115 Å². The summed E-state index contributed by atoms with van der Waals surface area (Å²) in [7, 11) is 0. The van der Waals surface area contributed by atoms with Gasteiger partial charge in [-0.1, -0.05) is 27.2 Å². The third-order valence-corrected chi connectivity index (χ3v) is 4.09. The SMILES string of the molecule is CCC1(C)NC(=O)N(CCCCC(C)(C)CN)C1=O. The highest BCUT2D eigenvalue weighted by molar-refractivity contribution is 6.06. The van der Waals surface area contributed by atoms with E-state index < -0.39 is 5.54 Å². The maximum Gasteiger partial charge on any atom is 0.325 e.